The van der Waals surface area contributed by atoms with Gasteiger partial charge in [0.15, 0.2) is 0 Å². The number of nitro benzene ring substituents is 1. The molecule has 0 saturated carbocycles. The molecular formula is C9H9IN2O3. The van der Waals surface area contributed by atoms with Crippen molar-refractivity contribution in [1.29, 1.82) is 0 Å². The van der Waals surface area contributed by atoms with Crippen LogP contribution in [0.3, 0.4) is 0 Å². The molecule has 1 amide bonds. The van der Waals surface area contributed by atoms with Crippen LogP contribution in [0, 0.1) is 10.1 Å². The molecule has 15 heavy (non-hydrogen) atoms. The lowest BCUT2D eigenvalue weighted by Gasteiger charge is -2.03. The van der Waals surface area contributed by atoms with Crippen molar-refractivity contribution in [3.8, 4) is 0 Å². The lowest BCUT2D eigenvalue weighted by molar-refractivity contribution is -0.385. The van der Waals surface area contributed by atoms with Crippen molar-refractivity contribution in [3.63, 3.8) is 0 Å². The van der Waals surface area contributed by atoms with E-state index in [4.69, 9.17) is 0 Å². The Hall–Kier alpha value is -1.18. The van der Waals surface area contributed by atoms with Gasteiger partial charge >= 0.3 is 0 Å². The van der Waals surface area contributed by atoms with Crippen molar-refractivity contribution < 1.29 is 9.72 Å². The number of benzene rings is 1. The number of halogens is 1. The highest BCUT2D eigenvalue weighted by atomic mass is 127. The summed E-state index contributed by atoms with van der Waals surface area (Å²) in [6, 6.07) is 5.90. The van der Waals surface area contributed by atoms with Gasteiger partial charge in [-0.15, -0.1) is 0 Å². The lowest BCUT2D eigenvalue weighted by atomic mass is 10.1. The third-order valence-corrected chi connectivity index (χ3v) is 2.26. The maximum absolute atomic E-state index is 11.5. The molecule has 0 aromatic heterocycles. The number of hydrogen-bond acceptors (Lipinski definition) is 3. The van der Waals surface area contributed by atoms with Crippen LogP contribution in [-0.4, -0.2) is 21.8 Å². The number of nitro groups is 1. The Morgan fingerprint density at radius 3 is 2.73 bits per heavy atom. The zero-order chi connectivity index (χ0) is 11.3. The van der Waals surface area contributed by atoms with Crippen molar-refractivity contribution in [3.05, 3.63) is 39.9 Å². The zero-order valence-electron chi connectivity index (χ0n) is 7.77. The summed E-state index contributed by atoms with van der Waals surface area (Å²) in [6.07, 6.45) is 0. The number of nitrogens with one attached hydrogen (secondary N) is 1. The third-order valence-electron chi connectivity index (χ3n) is 1.73. The molecule has 0 atom stereocenters. The van der Waals surface area contributed by atoms with Gasteiger partial charge in [0.25, 0.3) is 11.6 Å². The minimum Gasteiger partial charge on any atom is -0.351 e. The van der Waals surface area contributed by atoms with Gasteiger partial charge in [-0.2, -0.15) is 0 Å². The van der Waals surface area contributed by atoms with E-state index >= 15 is 0 Å². The van der Waals surface area contributed by atoms with Crippen LogP contribution in [0.1, 0.15) is 10.4 Å². The summed E-state index contributed by atoms with van der Waals surface area (Å²) in [5, 5.41) is 13.2. The molecule has 0 aliphatic heterocycles. The standard InChI is InChI=1S/C9H9IN2O3/c10-5-6-11-9(13)7-3-1-2-4-8(7)12(14)15/h1-4H,5-6H2,(H,11,13). The average molecular weight is 320 g/mol. The minimum atomic E-state index is -0.557. The van der Waals surface area contributed by atoms with E-state index in [1.54, 1.807) is 6.07 Å². The van der Waals surface area contributed by atoms with E-state index in [-0.39, 0.29) is 11.3 Å². The first-order chi connectivity index (χ1) is 7.16. The molecule has 80 valence electrons. The van der Waals surface area contributed by atoms with Crippen LogP contribution in [0.2, 0.25) is 0 Å². The van der Waals surface area contributed by atoms with Gasteiger partial charge < -0.3 is 5.32 Å². The van der Waals surface area contributed by atoms with Gasteiger partial charge in [-0.1, -0.05) is 34.7 Å². The number of para-hydroxylation sites is 1. The summed E-state index contributed by atoms with van der Waals surface area (Å²) >= 11 is 2.11. The molecule has 0 spiro atoms. The minimum absolute atomic E-state index is 0.104. The second-order valence-electron chi connectivity index (χ2n) is 2.72. The summed E-state index contributed by atoms with van der Waals surface area (Å²) in [5.41, 5.74) is -0.0594. The van der Waals surface area contributed by atoms with E-state index in [0.717, 1.165) is 4.43 Å². The summed E-state index contributed by atoms with van der Waals surface area (Å²) in [4.78, 5) is 21.6. The Kier molecular flexibility index (Phi) is 4.47. The average Bonchev–Trinajstić information content (AvgIpc) is 2.25. The number of alkyl halides is 1. The van der Waals surface area contributed by atoms with E-state index in [1.165, 1.54) is 18.2 Å². The van der Waals surface area contributed by atoms with Crippen LogP contribution in [0.25, 0.3) is 0 Å². The van der Waals surface area contributed by atoms with Gasteiger partial charge in [0, 0.05) is 17.0 Å². The van der Waals surface area contributed by atoms with Crippen molar-refractivity contribution in [2.75, 3.05) is 11.0 Å². The Morgan fingerprint density at radius 2 is 2.13 bits per heavy atom. The molecule has 0 aliphatic carbocycles. The van der Waals surface area contributed by atoms with Crippen molar-refractivity contribution in [1.82, 2.24) is 5.32 Å². The van der Waals surface area contributed by atoms with Crippen LogP contribution in [-0.2, 0) is 0 Å². The van der Waals surface area contributed by atoms with E-state index in [1.807, 2.05) is 0 Å². The summed E-state index contributed by atoms with van der Waals surface area (Å²) in [5.74, 6) is -0.404. The number of carbonyl (C=O) groups is 1. The molecule has 1 rings (SSSR count). The molecule has 0 fully saturated rings. The van der Waals surface area contributed by atoms with Gasteiger partial charge in [0.2, 0.25) is 0 Å². The highest BCUT2D eigenvalue weighted by Crippen LogP contribution is 2.16. The quantitative estimate of drug-likeness (QED) is 0.398. The van der Waals surface area contributed by atoms with Crippen LogP contribution < -0.4 is 5.32 Å². The molecule has 0 heterocycles. The van der Waals surface area contributed by atoms with Crippen LogP contribution in [0.15, 0.2) is 24.3 Å². The number of amides is 1. The van der Waals surface area contributed by atoms with Gasteiger partial charge in [0.05, 0.1) is 4.92 Å². The molecule has 1 N–H and O–H groups in total. The first-order valence-electron chi connectivity index (χ1n) is 4.24. The first-order valence-corrected chi connectivity index (χ1v) is 5.77. The molecule has 0 saturated heterocycles. The molecular weight excluding hydrogens is 311 g/mol. The van der Waals surface area contributed by atoms with Crippen LogP contribution in [0.4, 0.5) is 5.69 Å². The summed E-state index contributed by atoms with van der Waals surface area (Å²) in [7, 11) is 0. The number of carbonyl (C=O) groups excluding carboxylic acids is 1. The molecule has 0 unspecified atom stereocenters. The third kappa shape index (κ3) is 3.15. The highest BCUT2D eigenvalue weighted by Gasteiger charge is 2.18. The second kappa shape index (κ2) is 5.64. The second-order valence-corrected chi connectivity index (χ2v) is 3.80. The number of hydrogen-bond donors (Lipinski definition) is 1. The topological polar surface area (TPSA) is 72.2 Å². The van der Waals surface area contributed by atoms with Gasteiger partial charge in [-0.3, -0.25) is 14.9 Å². The maximum Gasteiger partial charge on any atom is 0.282 e. The zero-order valence-corrected chi connectivity index (χ0v) is 9.93. The largest absolute Gasteiger partial charge is 0.351 e. The lowest BCUT2D eigenvalue weighted by Crippen LogP contribution is -2.25. The maximum atomic E-state index is 11.5. The smallest absolute Gasteiger partial charge is 0.282 e. The molecule has 0 bridgehead atoms. The molecule has 5 nitrogen and oxygen atoms in total. The van der Waals surface area contributed by atoms with Crippen molar-refractivity contribution >= 4 is 34.2 Å². The normalized spacial score (nSPS) is 9.67. The Morgan fingerprint density at radius 1 is 1.47 bits per heavy atom. The van der Waals surface area contributed by atoms with Crippen LogP contribution in [0.5, 0.6) is 0 Å². The first kappa shape index (κ1) is 11.9. The number of rotatable bonds is 4. The Labute approximate surface area is 100 Å². The molecule has 0 radical (unpaired) electrons. The highest BCUT2D eigenvalue weighted by molar-refractivity contribution is 14.1. The van der Waals surface area contributed by atoms with E-state index in [0.29, 0.717) is 6.54 Å². The predicted molar refractivity (Wildman–Crippen MR) is 64.3 cm³/mol. The van der Waals surface area contributed by atoms with Crippen molar-refractivity contribution in [2.24, 2.45) is 0 Å². The van der Waals surface area contributed by atoms with Gasteiger partial charge in [-0.05, 0) is 6.07 Å². The van der Waals surface area contributed by atoms with E-state index in [2.05, 4.69) is 27.9 Å². The fourth-order valence-corrected chi connectivity index (χ4v) is 1.35. The van der Waals surface area contributed by atoms with E-state index < -0.39 is 10.8 Å². The molecule has 1 aromatic rings. The fourth-order valence-electron chi connectivity index (χ4n) is 1.08. The van der Waals surface area contributed by atoms with Crippen molar-refractivity contribution in [2.45, 2.75) is 0 Å². The van der Waals surface area contributed by atoms with E-state index in [9.17, 15) is 14.9 Å². The SMILES string of the molecule is O=C(NCCI)c1ccccc1[N+](=O)[O-]. The Bertz CT molecular complexity index is 381. The summed E-state index contributed by atoms with van der Waals surface area (Å²) in [6.45, 7) is 0.505. The monoisotopic (exact) mass is 320 g/mol. The molecule has 6 heteroatoms. The molecule has 0 aliphatic rings. The Balaban J connectivity index is 2.92. The van der Waals surface area contributed by atoms with Gasteiger partial charge in [-0.25, -0.2) is 0 Å². The molecule has 1 aromatic carbocycles. The predicted octanol–water partition coefficient (Wildman–Crippen LogP) is 1.76. The number of nitrogens with zero attached hydrogens (tertiary/aromatic N) is 1. The van der Waals surface area contributed by atoms with Crippen LogP contribution >= 0.6 is 22.6 Å². The fraction of sp³-hybridized carbons (Fsp3) is 0.222. The van der Waals surface area contributed by atoms with Gasteiger partial charge in [0.1, 0.15) is 5.56 Å². The summed E-state index contributed by atoms with van der Waals surface area (Å²) < 4.78 is 0.768.